The van der Waals surface area contributed by atoms with Crippen LogP contribution in [0.1, 0.15) is 15.9 Å². The standard InChI is InChI=1S/C11H14F2N2O/c1-7-5-8(14-2)3-4-9(7)11(16)15-6-10(12)13/h3-5,10,14H,6H2,1-2H3,(H,15,16). The number of benzene rings is 1. The molecule has 1 rings (SSSR count). The maximum absolute atomic E-state index is 11.9. The Labute approximate surface area is 92.8 Å². The van der Waals surface area contributed by atoms with E-state index < -0.39 is 18.9 Å². The number of anilines is 1. The molecule has 0 saturated heterocycles. The van der Waals surface area contributed by atoms with Crippen LogP contribution in [0.4, 0.5) is 14.5 Å². The van der Waals surface area contributed by atoms with Crippen molar-refractivity contribution < 1.29 is 13.6 Å². The van der Waals surface area contributed by atoms with Crippen LogP contribution in [0.5, 0.6) is 0 Å². The summed E-state index contributed by atoms with van der Waals surface area (Å²) >= 11 is 0. The van der Waals surface area contributed by atoms with Crippen LogP contribution in [0, 0.1) is 6.92 Å². The molecular weight excluding hydrogens is 214 g/mol. The lowest BCUT2D eigenvalue weighted by Gasteiger charge is -2.08. The number of alkyl halides is 2. The summed E-state index contributed by atoms with van der Waals surface area (Å²) in [7, 11) is 1.77. The van der Waals surface area contributed by atoms with Gasteiger partial charge in [-0.15, -0.1) is 0 Å². The predicted molar refractivity (Wildman–Crippen MR) is 59.1 cm³/mol. The Balaban J connectivity index is 2.76. The molecule has 2 N–H and O–H groups in total. The Bertz CT molecular complexity index is 380. The van der Waals surface area contributed by atoms with Crippen molar-refractivity contribution >= 4 is 11.6 Å². The molecule has 16 heavy (non-hydrogen) atoms. The molecule has 0 aromatic heterocycles. The summed E-state index contributed by atoms with van der Waals surface area (Å²) in [5.74, 6) is -0.472. The number of aryl methyl sites for hydroxylation is 1. The number of halogens is 2. The topological polar surface area (TPSA) is 41.1 Å². The van der Waals surface area contributed by atoms with Crippen LogP contribution in [-0.2, 0) is 0 Å². The van der Waals surface area contributed by atoms with Crippen LogP contribution in [0.25, 0.3) is 0 Å². The zero-order valence-corrected chi connectivity index (χ0v) is 9.18. The highest BCUT2D eigenvalue weighted by Gasteiger charge is 2.11. The molecule has 1 aromatic carbocycles. The van der Waals surface area contributed by atoms with Crippen LogP contribution in [-0.4, -0.2) is 25.9 Å². The van der Waals surface area contributed by atoms with Crippen molar-refractivity contribution in [3.8, 4) is 0 Å². The first-order chi connectivity index (χ1) is 7.54. The minimum atomic E-state index is -2.53. The van der Waals surface area contributed by atoms with Crippen molar-refractivity contribution in [3.63, 3.8) is 0 Å². The molecule has 0 aliphatic rings. The second kappa shape index (κ2) is 5.44. The lowest BCUT2D eigenvalue weighted by molar-refractivity contribution is 0.0891. The Morgan fingerprint density at radius 1 is 1.44 bits per heavy atom. The minimum absolute atomic E-state index is 0.416. The SMILES string of the molecule is CNc1ccc(C(=O)NCC(F)F)c(C)c1. The highest BCUT2D eigenvalue weighted by Crippen LogP contribution is 2.14. The normalized spacial score (nSPS) is 10.3. The molecule has 3 nitrogen and oxygen atoms in total. The monoisotopic (exact) mass is 228 g/mol. The molecule has 0 aliphatic heterocycles. The molecule has 0 spiro atoms. The van der Waals surface area contributed by atoms with Crippen molar-refractivity contribution in [1.82, 2.24) is 5.32 Å². The zero-order valence-electron chi connectivity index (χ0n) is 9.18. The Morgan fingerprint density at radius 3 is 2.62 bits per heavy atom. The van der Waals surface area contributed by atoms with E-state index in [9.17, 15) is 13.6 Å². The molecule has 0 aliphatic carbocycles. The van der Waals surface area contributed by atoms with Crippen LogP contribution in [0.3, 0.4) is 0 Å². The van der Waals surface area contributed by atoms with Gasteiger partial charge in [0.05, 0.1) is 6.54 Å². The van der Waals surface area contributed by atoms with Crippen molar-refractivity contribution in [2.24, 2.45) is 0 Å². The molecule has 5 heteroatoms. The quantitative estimate of drug-likeness (QED) is 0.827. The predicted octanol–water partition coefficient (Wildman–Crippen LogP) is 2.03. The van der Waals surface area contributed by atoms with E-state index in [1.165, 1.54) is 0 Å². The average molecular weight is 228 g/mol. The van der Waals surface area contributed by atoms with E-state index in [0.29, 0.717) is 5.56 Å². The van der Waals surface area contributed by atoms with E-state index in [-0.39, 0.29) is 0 Å². The third kappa shape index (κ3) is 3.18. The first-order valence-corrected chi connectivity index (χ1v) is 4.89. The van der Waals surface area contributed by atoms with Gasteiger partial charge in [0.25, 0.3) is 12.3 Å². The van der Waals surface area contributed by atoms with Gasteiger partial charge in [-0.3, -0.25) is 4.79 Å². The smallest absolute Gasteiger partial charge is 0.255 e. The fourth-order valence-electron chi connectivity index (χ4n) is 1.34. The molecular formula is C11H14F2N2O. The van der Waals surface area contributed by atoms with Gasteiger partial charge in [0.1, 0.15) is 0 Å². The van der Waals surface area contributed by atoms with Gasteiger partial charge in [-0.2, -0.15) is 0 Å². The average Bonchev–Trinajstić information content (AvgIpc) is 2.25. The van der Waals surface area contributed by atoms with Gasteiger partial charge in [-0.05, 0) is 30.7 Å². The van der Waals surface area contributed by atoms with E-state index in [2.05, 4.69) is 10.6 Å². The Kier molecular flexibility index (Phi) is 4.22. The number of carbonyl (C=O) groups is 1. The van der Waals surface area contributed by atoms with Crippen LogP contribution in [0.2, 0.25) is 0 Å². The fraction of sp³-hybridized carbons (Fsp3) is 0.364. The summed E-state index contributed by atoms with van der Waals surface area (Å²) in [5.41, 5.74) is 2.04. The van der Waals surface area contributed by atoms with Gasteiger partial charge in [0, 0.05) is 18.3 Å². The minimum Gasteiger partial charge on any atom is -0.388 e. The summed E-state index contributed by atoms with van der Waals surface area (Å²) in [4.78, 5) is 11.5. The maximum atomic E-state index is 11.9. The van der Waals surface area contributed by atoms with Crippen molar-refractivity contribution in [1.29, 1.82) is 0 Å². The number of carbonyl (C=O) groups excluding carboxylic acids is 1. The molecule has 0 unspecified atom stereocenters. The summed E-state index contributed by atoms with van der Waals surface area (Å²) in [5, 5.41) is 5.10. The zero-order chi connectivity index (χ0) is 12.1. The highest BCUT2D eigenvalue weighted by atomic mass is 19.3. The van der Waals surface area contributed by atoms with Gasteiger partial charge in [-0.1, -0.05) is 0 Å². The van der Waals surface area contributed by atoms with Crippen molar-refractivity contribution in [3.05, 3.63) is 29.3 Å². The largest absolute Gasteiger partial charge is 0.388 e. The molecule has 0 bridgehead atoms. The lowest BCUT2D eigenvalue weighted by atomic mass is 10.1. The Morgan fingerprint density at radius 2 is 2.12 bits per heavy atom. The van der Waals surface area contributed by atoms with Crippen LogP contribution >= 0.6 is 0 Å². The molecule has 0 atom stereocenters. The summed E-state index contributed by atoms with van der Waals surface area (Å²) in [6, 6.07) is 5.13. The van der Waals surface area contributed by atoms with Gasteiger partial charge in [-0.25, -0.2) is 8.78 Å². The summed E-state index contributed by atoms with van der Waals surface area (Å²) in [6.45, 7) is 1.14. The van der Waals surface area contributed by atoms with E-state index in [1.807, 2.05) is 0 Å². The molecule has 0 heterocycles. The lowest BCUT2D eigenvalue weighted by Crippen LogP contribution is -2.28. The highest BCUT2D eigenvalue weighted by molar-refractivity contribution is 5.96. The summed E-state index contributed by atoms with van der Waals surface area (Å²) < 4.78 is 23.8. The van der Waals surface area contributed by atoms with Crippen LogP contribution in [0.15, 0.2) is 18.2 Å². The van der Waals surface area contributed by atoms with Crippen molar-refractivity contribution in [2.45, 2.75) is 13.3 Å². The molecule has 0 fully saturated rings. The van der Waals surface area contributed by atoms with Crippen molar-refractivity contribution in [2.75, 3.05) is 18.9 Å². The van der Waals surface area contributed by atoms with Gasteiger partial charge in [0.15, 0.2) is 0 Å². The first kappa shape index (κ1) is 12.4. The van der Waals surface area contributed by atoms with E-state index in [1.54, 1.807) is 32.2 Å². The molecule has 0 radical (unpaired) electrons. The second-order valence-corrected chi connectivity index (χ2v) is 3.38. The van der Waals surface area contributed by atoms with Gasteiger partial charge < -0.3 is 10.6 Å². The van der Waals surface area contributed by atoms with Gasteiger partial charge >= 0.3 is 0 Å². The fourth-order valence-corrected chi connectivity index (χ4v) is 1.34. The molecule has 1 amide bonds. The third-order valence-corrected chi connectivity index (χ3v) is 2.18. The number of hydrogen-bond donors (Lipinski definition) is 2. The molecule has 0 saturated carbocycles. The number of rotatable bonds is 4. The first-order valence-electron chi connectivity index (χ1n) is 4.89. The third-order valence-electron chi connectivity index (χ3n) is 2.18. The summed E-state index contributed by atoms with van der Waals surface area (Å²) in [6.07, 6.45) is -2.53. The van der Waals surface area contributed by atoms with Gasteiger partial charge in [0.2, 0.25) is 0 Å². The molecule has 1 aromatic rings. The number of nitrogens with one attached hydrogen (secondary N) is 2. The van der Waals surface area contributed by atoms with Crippen LogP contribution < -0.4 is 10.6 Å². The molecule has 88 valence electrons. The number of amides is 1. The Hall–Kier alpha value is -1.65. The number of hydrogen-bond acceptors (Lipinski definition) is 2. The van der Waals surface area contributed by atoms with E-state index >= 15 is 0 Å². The van der Waals surface area contributed by atoms with E-state index in [4.69, 9.17) is 0 Å². The van der Waals surface area contributed by atoms with E-state index in [0.717, 1.165) is 11.3 Å². The second-order valence-electron chi connectivity index (χ2n) is 3.38. The maximum Gasteiger partial charge on any atom is 0.255 e.